The molecule has 0 radical (unpaired) electrons. The highest BCUT2D eigenvalue weighted by molar-refractivity contribution is 6.36. The minimum absolute atomic E-state index is 0.100. The molecule has 0 unspecified atom stereocenters. The molecule has 0 aliphatic rings. The largest absolute Gasteiger partial charge is 0.452 e. The lowest BCUT2D eigenvalue weighted by molar-refractivity contribution is -0.119. The summed E-state index contributed by atoms with van der Waals surface area (Å²) in [7, 11) is 0. The smallest absolute Gasteiger partial charge is 0.340 e. The highest BCUT2D eigenvalue weighted by Gasteiger charge is 2.17. The summed E-state index contributed by atoms with van der Waals surface area (Å²) in [5, 5.41) is 3.11. The Kier molecular flexibility index (Phi) is 6.65. The van der Waals surface area contributed by atoms with E-state index in [2.05, 4.69) is 5.32 Å². The van der Waals surface area contributed by atoms with E-state index in [4.69, 9.17) is 27.9 Å². The number of hydrogen-bond acceptors (Lipinski definition) is 4. The van der Waals surface area contributed by atoms with Crippen LogP contribution in [-0.4, -0.2) is 24.3 Å². The van der Waals surface area contributed by atoms with Gasteiger partial charge in [-0.15, -0.1) is 0 Å². The zero-order valence-corrected chi connectivity index (χ0v) is 16.5. The minimum atomic E-state index is -0.754. The number of benzene rings is 3. The average molecular weight is 428 g/mol. The molecule has 0 spiro atoms. The van der Waals surface area contributed by atoms with E-state index in [0.717, 1.165) is 0 Å². The molecule has 0 fully saturated rings. The Hall–Kier alpha value is -3.15. The first-order valence-corrected chi connectivity index (χ1v) is 9.32. The number of carbonyl (C=O) groups is 3. The SMILES string of the molecule is O=C(COC(=O)c1ccc(Cl)cc1Cl)Nc1ccccc1C(=O)c1ccccc1. The van der Waals surface area contributed by atoms with Crippen LogP contribution < -0.4 is 5.32 Å². The van der Waals surface area contributed by atoms with Gasteiger partial charge in [0.15, 0.2) is 12.4 Å². The maximum absolute atomic E-state index is 12.7. The van der Waals surface area contributed by atoms with Crippen molar-refractivity contribution in [2.24, 2.45) is 0 Å². The second kappa shape index (κ2) is 9.37. The Balaban J connectivity index is 1.67. The van der Waals surface area contributed by atoms with Crippen LogP contribution in [0, 0.1) is 0 Å². The summed E-state index contributed by atoms with van der Waals surface area (Å²) in [6.45, 7) is -0.536. The van der Waals surface area contributed by atoms with E-state index < -0.39 is 18.5 Å². The minimum Gasteiger partial charge on any atom is -0.452 e. The fraction of sp³-hybridized carbons (Fsp3) is 0.0455. The van der Waals surface area contributed by atoms with E-state index in [1.807, 2.05) is 6.07 Å². The highest BCUT2D eigenvalue weighted by atomic mass is 35.5. The van der Waals surface area contributed by atoms with Gasteiger partial charge in [-0.1, -0.05) is 65.7 Å². The molecule has 7 heteroatoms. The summed E-state index contributed by atoms with van der Waals surface area (Å²) in [6.07, 6.45) is 0. The molecule has 1 amide bonds. The van der Waals surface area contributed by atoms with E-state index in [9.17, 15) is 14.4 Å². The Morgan fingerprint density at radius 3 is 2.24 bits per heavy atom. The molecule has 3 aromatic rings. The topological polar surface area (TPSA) is 72.5 Å². The number of para-hydroxylation sites is 1. The average Bonchev–Trinajstić information content (AvgIpc) is 2.72. The van der Waals surface area contributed by atoms with E-state index in [-0.39, 0.29) is 16.4 Å². The molecule has 0 aliphatic carbocycles. The normalized spacial score (nSPS) is 10.3. The van der Waals surface area contributed by atoms with Crippen LogP contribution in [0.3, 0.4) is 0 Å². The zero-order valence-electron chi connectivity index (χ0n) is 15.0. The van der Waals surface area contributed by atoms with Gasteiger partial charge in [0, 0.05) is 16.1 Å². The Labute approximate surface area is 177 Å². The van der Waals surface area contributed by atoms with Gasteiger partial charge in [-0.05, 0) is 30.3 Å². The number of ketones is 1. The first kappa shape index (κ1) is 20.6. The van der Waals surface area contributed by atoms with E-state index >= 15 is 0 Å². The first-order valence-electron chi connectivity index (χ1n) is 8.56. The van der Waals surface area contributed by atoms with Crippen LogP contribution in [0.5, 0.6) is 0 Å². The Bertz CT molecular complexity index is 1070. The standard InChI is InChI=1S/C22H15Cl2NO4/c23-15-10-11-16(18(24)12-15)22(28)29-13-20(26)25-19-9-5-4-8-17(19)21(27)14-6-2-1-3-7-14/h1-12H,13H2,(H,25,26). The molecule has 0 saturated carbocycles. The molecular weight excluding hydrogens is 413 g/mol. The number of nitrogens with one attached hydrogen (secondary N) is 1. The van der Waals surface area contributed by atoms with Crippen LogP contribution in [0.4, 0.5) is 5.69 Å². The lowest BCUT2D eigenvalue weighted by Crippen LogP contribution is -2.22. The number of halogens is 2. The fourth-order valence-electron chi connectivity index (χ4n) is 2.59. The lowest BCUT2D eigenvalue weighted by atomic mass is 10.0. The fourth-order valence-corrected chi connectivity index (χ4v) is 3.07. The summed E-state index contributed by atoms with van der Waals surface area (Å²) in [5.41, 5.74) is 1.26. The van der Waals surface area contributed by atoms with Crippen molar-refractivity contribution >= 4 is 46.5 Å². The molecule has 3 rings (SSSR count). The van der Waals surface area contributed by atoms with Crippen LogP contribution in [0.1, 0.15) is 26.3 Å². The number of rotatable bonds is 6. The number of anilines is 1. The van der Waals surface area contributed by atoms with Gasteiger partial charge in [0.25, 0.3) is 5.91 Å². The molecule has 29 heavy (non-hydrogen) atoms. The molecule has 146 valence electrons. The number of carbonyl (C=O) groups excluding carboxylic acids is 3. The third kappa shape index (κ3) is 5.22. The van der Waals surface area contributed by atoms with Crippen molar-refractivity contribution in [3.8, 4) is 0 Å². The molecule has 0 bridgehead atoms. The second-order valence-corrected chi connectivity index (χ2v) is 6.83. The van der Waals surface area contributed by atoms with Crippen LogP contribution in [-0.2, 0) is 9.53 Å². The van der Waals surface area contributed by atoms with E-state index in [1.54, 1.807) is 48.5 Å². The van der Waals surface area contributed by atoms with Gasteiger partial charge in [-0.3, -0.25) is 9.59 Å². The molecule has 0 saturated heterocycles. The van der Waals surface area contributed by atoms with Crippen molar-refractivity contribution < 1.29 is 19.1 Å². The predicted molar refractivity (Wildman–Crippen MR) is 112 cm³/mol. The van der Waals surface area contributed by atoms with E-state index in [0.29, 0.717) is 21.8 Å². The molecule has 5 nitrogen and oxygen atoms in total. The molecular formula is C22H15Cl2NO4. The van der Waals surface area contributed by atoms with Gasteiger partial charge in [0.05, 0.1) is 16.3 Å². The van der Waals surface area contributed by atoms with Crippen molar-refractivity contribution in [3.05, 3.63) is 99.5 Å². The zero-order chi connectivity index (χ0) is 20.8. The van der Waals surface area contributed by atoms with E-state index in [1.165, 1.54) is 18.2 Å². The van der Waals surface area contributed by atoms with Gasteiger partial charge < -0.3 is 10.1 Å². The quantitative estimate of drug-likeness (QED) is 0.442. The number of esters is 1. The number of ether oxygens (including phenoxy) is 1. The van der Waals surface area contributed by atoms with Gasteiger partial charge >= 0.3 is 5.97 Å². The summed E-state index contributed by atoms with van der Waals surface area (Å²) >= 11 is 11.8. The van der Waals surface area contributed by atoms with Gasteiger partial charge in [0.1, 0.15) is 0 Å². The molecule has 0 heterocycles. The van der Waals surface area contributed by atoms with Gasteiger partial charge in [-0.2, -0.15) is 0 Å². The maximum Gasteiger partial charge on any atom is 0.340 e. The summed E-state index contributed by atoms with van der Waals surface area (Å²) in [4.78, 5) is 37.1. The Morgan fingerprint density at radius 1 is 0.828 bits per heavy atom. The summed E-state index contributed by atoms with van der Waals surface area (Å²) < 4.78 is 5.00. The highest BCUT2D eigenvalue weighted by Crippen LogP contribution is 2.22. The number of amides is 1. The monoisotopic (exact) mass is 427 g/mol. The molecule has 0 aromatic heterocycles. The molecule has 1 N–H and O–H groups in total. The van der Waals surface area contributed by atoms with Crippen LogP contribution in [0.15, 0.2) is 72.8 Å². The van der Waals surface area contributed by atoms with Crippen molar-refractivity contribution in [1.82, 2.24) is 0 Å². The first-order chi connectivity index (χ1) is 14.0. The summed E-state index contributed by atoms with van der Waals surface area (Å²) in [6, 6.07) is 19.6. The molecule has 0 atom stereocenters. The number of hydrogen-bond donors (Lipinski definition) is 1. The van der Waals surface area contributed by atoms with Crippen molar-refractivity contribution in [1.29, 1.82) is 0 Å². The van der Waals surface area contributed by atoms with Crippen LogP contribution in [0.2, 0.25) is 10.0 Å². The van der Waals surface area contributed by atoms with Crippen molar-refractivity contribution in [3.63, 3.8) is 0 Å². The van der Waals surface area contributed by atoms with Crippen LogP contribution >= 0.6 is 23.2 Å². The second-order valence-electron chi connectivity index (χ2n) is 5.99. The van der Waals surface area contributed by atoms with Crippen molar-refractivity contribution in [2.45, 2.75) is 0 Å². The molecule has 0 aliphatic heterocycles. The molecule has 3 aromatic carbocycles. The van der Waals surface area contributed by atoms with Crippen LogP contribution in [0.25, 0.3) is 0 Å². The summed E-state index contributed by atoms with van der Waals surface area (Å²) in [5.74, 6) is -1.57. The Morgan fingerprint density at radius 2 is 1.52 bits per heavy atom. The van der Waals surface area contributed by atoms with Gasteiger partial charge in [-0.25, -0.2) is 4.79 Å². The third-order valence-electron chi connectivity index (χ3n) is 3.97. The third-order valence-corrected chi connectivity index (χ3v) is 4.51. The maximum atomic E-state index is 12.7. The van der Waals surface area contributed by atoms with Crippen molar-refractivity contribution in [2.75, 3.05) is 11.9 Å². The van der Waals surface area contributed by atoms with Gasteiger partial charge in [0.2, 0.25) is 0 Å². The lowest BCUT2D eigenvalue weighted by Gasteiger charge is -2.11. The predicted octanol–water partition coefficient (Wildman–Crippen LogP) is 5.02.